The van der Waals surface area contributed by atoms with Gasteiger partial charge in [-0.1, -0.05) is 6.07 Å². The van der Waals surface area contributed by atoms with Gasteiger partial charge in [0.25, 0.3) is 0 Å². The fourth-order valence-corrected chi connectivity index (χ4v) is 6.07. The van der Waals surface area contributed by atoms with Crippen molar-refractivity contribution in [2.24, 2.45) is 23.2 Å². The summed E-state index contributed by atoms with van der Waals surface area (Å²) in [6.07, 6.45) is 8.20. The molecule has 1 amide bonds. The van der Waals surface area contributed by atoms with E-state index in [4.69, 9.17) is 0 Å². The molecule has 1 N–H and O–H groups in total. The van der Waals surface area contributed by atoms with Gasteiger partial charge in [0.2, 0.25) is 5.91 Å². The van der Waals surface area contributed by atoms with Crippen molar-refractivity contribution in [1.82, 2.24) is 5.32 Å². The molecule has 0 heterocycles. The van der Waals surface area contributed by atoms with Crippen LogP contribution < -0.4 is 5.32 Å². The minimum absolute atomic E-state index is 0.00757. The summed E-state index contributed by atoms with van der Waals surface area (Å²) in [7, 11) is 0. The summed E-state index contributed by atoms with van der Waals surface area (Å²) in [6, 6.07) is 3.09. The molecule has 1 aromatic rings. The zero-order chi connectivity index (χ0) is 16.9. The van der Waals surface area contributed by atoms with Crippen LogP contribution in [0, 0.1) is 34.8 Å². The Morgan fingerprint density at radius 1 is 1.17 bits per heavy atom. The van der Waals surface area contributed by atoms with Crippen molar-refractivity contribution < 1.29 is 13.6 Å². The second-order valence-electron chi connectivity index (χ2n) is 8.55. The molecule has 130 valence electrons. The smallest absolute Gasteiger partial charge is 0.221 e. The summed E-state index contributed by atoms with van der Waals surface area (Å²) < 4.78 is 26.9. The van der Waals surface area contributed by atoms with Gasteiger partial charge in [0.05, 0.1) is 6.04 Å². The fourth-order valence-electron chi connectivity index (χ4n) is 6.07. The molecule has 4 aliphatic carbocycles. The van der Waals surface area contributed by atoms with E-state index in [0.717, 1.165) is 23.8 Å². The molecule has 1 aromatic carbocycles. The standard InChI is InChI=1S/C20H25F2NO/c1-12(17-3-2-16(21)7-18(17)22)23-19(24)11-20-8-13-4-14(9-20)6-15(5-13)10-20/h2-3,7,12-15H,4-6,8-11H2,1H3,(H,23,24). The van der Waals surface area contributed by atoms with E-state index in [1.165, 1.54) is 50.7 Å². The Hall–Kier alpha value is -1.45. The summed E-state index contributed by atoms with van der Waals surface area (Å²) in [6.45, 7) is 1.76. The molecule has 24 heavy (non-hydrogen) atoms. The molecule has 4 saturated carbocycles. The highest BCUT2D eigenvalue weighted by Crippen LogP contribution is 2.61. The summed E-state index contributed by atoms with van der Waals surface area (Å²) in [5.41, 5.74) is 0.523. The van der Waals surface area contributed by atoms with E-state index < -0.39 is 17.7 Å². The third kappa shape index (κ3) is 2.96. The van der Waals surface area contributed by atoms with Gasteiger partial charge in [-0.05, 0) is 74.7 Å². The number of benzene rings is 1. The van der Waals surface area contributed by atoms with Crippen LogP contribution in [0.2, 0.25) is 0 Å². The average molecular weight is 333 g/mol. The third-order valence-electron chi connectivity index (χ3n) is 6.51. The number of hydrogen-bond donors (Lipinski definition) is 1. The molecule has 4 aliphatic rings. The zero-order valence-corrected chi connectivity index (χ0v) is 14.2. The van der Waals surface area contributed by atoms with E-state index in [1.807, 2.05) is 0 Å². The van der Waals surface area contributed by atoms with E-state index in [-0.39, 0.29) is 11.3 Å². The second kappa shape index (κ2) is 5.82. The van der Waals surface area contributed by atoms with Crippen LogP contribution in [0.5, 0.6) is 0 Å². The van der Waals surface area contributed by atoms with Crippen LogP contribution in [-0.4, -0.2) is 5.91 Å². The molecular formula is C20H25F2NO. The number of carbonyl (C=O) groups is 1. The van der Waals surface area contributed by atoms with Crippen LogP contribution in [0.25, 0.3) is 0 Å². The molecule has 4 heteroatoms. The fraction of sp³-hybridized carbons (Fsp3) is 0.650. The summed E-state index contributed by atoms with van der Waals surface area (Å²) in [5, 5.41) is 2.93. The second-order valence-corrected chi connectivity index (χ2v) is 8.55. The van der Waals surface area contributed by atoms with Crippen LogP contribution in [0.15, 0.2) is 18.2 Å². The van der Waals surface area contributed by atoms with Crippen LogP contribution in [0.4, 0.5) is 8.78 Å². The Morgan fingerprint density at radius 2 is 1.75 bits per heavy atom. The molecule has 5 rings (SSSR count). The molecule has 0 radical (unpaired) electrons. The van der Waals surface area contributed by atoms with E-state index in [9.17, 15) is 13.6 Å². The highest BCUT2D eigenvalue weighted by molar-refractivity contribution is 5.77. The van der Waals surface area contributed by atoms with Crippen molar-refractivity contribution >= 4 is 5.91 Å². The van der Waals surface area contributed by atoms with Gasteiger partial charge < -0.3 is 5.32 Å². The number of amides is 1. The van der Waals surface area contributed by atoms with Gasteiger partial charge in [0.15, 0.2) is 0 Å². The van der Waals surface area contributed by atoms with Gasteiger partial charge in [-0.3, -0.25) is 4.79 Å². The Bertz CT molecular complexity index is 622. The molecule has 0 saturated heterocycles. The molecule has 4 fully saturated rings. The summed E-state index contributed by atoms with van der Waals surface area (Å²) in [5.74, 6) is 1.26. The van der Waals surface area contributed by atoms with Crippen molar-refractivity contribution in [1.29, 1.82) is 0 Å². The Labute approximate surface area is 142 Å². The zero-order valence-electron chi connectivity index (χ0n) is 14.2. The predicted octanol–water partition coefficient (Wildman–Crippen LogP) is 4.75. The van der Waals surface area contributed by atoms with Gasteiger partial charge in [-0.2, -0.15) is 0 Å². The first-order valence-electron chi connectivity index (χ1n) is 9.17. The lowest BCUT2D eigenvalue weighted by atomic mass is 9.49. The Morgan fingerprint density at radius 3 is 2.29 bits per heavy atom. The van der Waals surface area contributed by atoms with Crippen molar-refractivity contribution in [3.8, 4) is 0 Å². The number of rotatable bonds is 4. The third-order valence-corrected chi connectivity index (χ3v) is 6.51. The maximum atomic E-state index is 13.9. The van der Waals surface area contributed by atoms with Crippen LogP contribution >= 0.6 is 0 Å². The number of halogens is 2. The highest BCUT2D eigenvalue weighted by atomic mass is 19.1. The van der Waals surface area contributed by atoms with Gasteiger partial charge in [0.1, 0.15) is 11.6 Å². The Kier molecular flexibility index (Phi) is 3.89. The van der Waals surface area contributed by atoms with Crippen LogP contribution in [0.1, 0.15) is 63.5 Å². The van der Waals surface area contributed by atoms with Crippen molar-refractivity contribution in [3.05, 3.63) is 35.4 Å². The maximum Gasteiger partial charge on any atom is 0.221 e. The summed E-state index contributed by atoms with van der Waals surface area (Å²) >= 11 is 0. The van der Waals surface area contributed by atoms with Crippen molar-refractivity contribution in [2.45, 2.75) is 57.9 Å². The molecular weight excluding hydrogens is 308 g/mol. The first kappa shape index (κ1) is 16.0. The van der Waals surface area contributed by atoms with Gasteiger partial charge >= 0.3 is 0 Å². The van der Waals surface area contributed by atoms with E-state index in [0.29, 0.717) is 12.0 Å². The monoisotopic (exact) mass is 333 g/mol. The van der Waals surface area contributed by atoms with Crippen molar-refractivity contribution in [3.63, 3.8) is 0 Å². The number of carbonyl (C=O) groups excluding carboxylic acids is 1. The molecule has 4 bridgehead atoms. The quantitative estimate of drug-likeness (QED) is 0.846. The molecule has 2 nitrogen and oxygen atoms in total. The molecule has 1 atom stereocenters. The lowest BCUT2D eigenvalue weighted by Gasteiger charge is -2.56. The van der Waals surface area contributed by atoms with Crippen LogP contribution in [-0.2, 0) is 4.79 Å². The number of hydrogen-bond acceptors (Lipinski definition) is 1. The maximum absolute atomic E-state index is 13.9. The Balaban J connectivity index is 1.41. The molecule has 0 spiro atoms. The van der Waals surface area contributed by atoms with Gasteiger partial charge in [0, 0.05) is 18.1 Å². The molecule has 0 aromatic heterocycles. The lowest BCUT2D eigenvalue weighted by molar-refractivity contribution is -0.130. The largest absolute Gasteiger partial charge is 0.349 e. The minimum Gasteiger partial charge on any atom is -0.349 e. The van der Waals surface area contributed by atoms with Gasteiger partial charge in [-0.25, -0.2) is 8.78 Å². The van der Waals surface area contributed by atoms with E-state index in [1.54, 1.807) is 6.92 Å². The molecule has 1 unspecified atom stereocenters. The topological polar surface area (TPSA) is 29.1 Å². The van der Waals surface area contributed by atoms with Gasteiger partial charge in [-0.15, -0.1) is 0 Å². The predicted molar refractivity (Wildman–Crippen MR) is 88.1 cm³/mol. The normalized spacial score (nSPS) is 35.0. The van der Waals surface area contributed by atoms with E-state index in [2.05, 4.69) is 5.32 Å². The molecule has 0 aliphatic heterocycles. The van der Waals surface area contributed by atoms with E-state index >= 15 is 0 Å². The number of nitrogens with one attached hydrogen (secondary N) is 1. The van der Waals surface area contributed by atoms with Crippen molar-refractivity contribution in [2.75, 3.05) is 0 Å². The first-order chi connectivity index (χ1) is 11.4. The van der Waals surface area contributed by atoms with Crippen LogP contribution in [0.3, 0.4) is 0 Å². The SMILES string of the molecule is CC(NC(=O)CC12CC3CC(CC(C3)C1)C2)c1ccc(F)cc1F. The summed E-state index contributed by atoms with van der Waals surface area (Å²) in [4.78, 5) is 12.6. The average Bonchev–Trinajstić information content (AvgIpc) is 2.44. The highest BCUT2D eigenvalue weighted by Gasteiger charge is 2.51. The first-order valence-corrected chi connectivity index (χ1v) is 9.17. The lowest BCUT2D eigenvalue weighted by Crippen LogP contribution is -2.48. The minimum atomic E-state index is -0.599.